The molecule has 0 saturated carbocycles. The Kier molecular flexibility index (Phi) is 28.9. The Bertz CT molecular complexity index is 9360. The highest BCUT2D eigenvalue weighted by atomic mass is 79.9. The molecule has 1 aliphatic rings. The highest BCUT2D eigenvalue weighted by molar-refractivity contribution is 9.11. The summed E-state index contributed by atoms with van der Waals surface area (Å²) in [6.45, 7) is 8.30. The fraction of sp³-hybridized carbons (Fsp3) is 0.0513. The molecule has 8 aromatic heterocycles. The maximum absolute atomic E-state index is 12.8. The zero-order valence-electron chi connectivity index (χ0n) is 78.9. The normalized spacial score (nSPS) is 12.5. The Balaban J connectivity index is 0.000000104. The minimum absolute atomic E-state index is 0.159. The molecule has 19 nitrogen and oxygen atoms in total. The van der Waals surface area contributed by atoms with Crippen LogP contribution in [0.1, 0.15) is 38.1 Å². The molecule has 1 amide bonds. The first-order valence-corrected chi connectivity index (χ1v) is 55.1. The molecule has 27 rings (SSSR count). The van der Waals surface area contributed by atoms with Crippen LogP contribution < -0.4 is 16.5 Å². The van der Waals surface area contributed by atoms with Gasteiger partial charge in [0.2, 0.25) is 0 Å². The van der Waals surface area contributed by atoms with Gasteiger partial charge < -0.3 is 20.4 Å². The van der Waals surface area contributed by atoms with Crippen molar-refractivity contribution in [2.75, 3.05) is 11.1 Å². The average Bonchev–Trinajstić information content (AvgIpc) is 1.37. The Hall–Kier alpha value is -14.1. The quantitative estimate of drug-likeness (QED) is 0.0655. The van der Waals surface area contributed by atoms with Crippen molar-refractivity contribution in [2.45, 2.75) is 38.9 Å². The summed E-state index contributed by atoms with van der Waals surface area (Å²) in [6, 6.07) is 128. The number of nitrogens with zero attached hydrogens (tertiary/aromatic N) is 14. The number of carbonyl (C=O) groups excluding carboxylic acids is 1. The molecular formula is C117H78BBr5N16O3S6. The van der Waals surface area contributed by atoms with Crippen molar-refractivity contribution < 1.29 is 14.1 Å². The van der Waals surface area contributed by atoms with Crippen LogP contribution in [0.3, 0.4) is 0 Å². The smallest absolute Gasteiger partial charge is 0.399 e. The number of amides is 1. The van der Waals surface area contributed by atoms with Crippen LogP contribution in [0.5, 0.6) is 0 Å². The third-order valence-corrected chi connectivity index (χ3v) is 32.1. The van der Waals surface area contributed by atoms with Gasteiger partial charge in [0.1, 0.15) is 66.2 Å². The van der Waals surface area contributed by atoms with Gasteiger partial charge >= 0.3 is 7.12 Å². The van der Waals surface area contributed by atoms with E-state index in [2.05, 4.69) is 364 Å². The lowest BCUT2D eigenvalue weighted by atomic mass is 9.78. The molecule has 1 fully saturated rings. The first kappa shape index (κ1) is 98.5. The molecule has 26 aromatic rings. The van der Waals surface area contributed by atoms with E-state index in [0.29, 0.717) is 5.56 Å². The number of halogens is 5. The molecule has 18 aromatic carbocycles. The molecule has 1 aliphatic heterocycles. The molecule has 0 unspecified atom stereocenters. The maximum atomic E-state index is 12.8. The number of anilines is 2. The van der Waals surface area contributed by atoms with Crippen LogP contribution in [0.15, 0.2) is 405 Å². The number of fused-ring (bicyclic) bond motifs is 14. The van der Waals surface area contributed by atoms with Crippen LogP contribution in [0, 0.1) is 0 Å². The van der Waals surface area contributed by atoms with Gasteiger partial charge in [-0.2, -0.15) is 52.5 Å². The van der Waals surface area contributed by atoms with Gasteiger partial charge in [0.15, 0.2) is 0 Å². The fourth-order valence-corrected chi connectivity index (χ4v) is 23.5. The van der Waals surface area contributed by atoms with Crippen LogP contribution in [-0.4, -0.2) is 86.7 Å². The van der Waals surface area contributed by atoms with Crippen LogP contribution in [0.4, 0.5) is 11.4 Å². The second-order valence-corrected chi connectivity index (χ2v) is 43.1. The SMILES string of the molecule is Brc1ccc(-c2ccccc2)c2nsnc12.Brc1ccc(-c2nc3ccccc3c3c2cc(-c2ccccc2)c2nsnc23)cc1.Brc1ccc(Br)c2nsnc12.CC1(C)OB(c2ccc(-c3nc4ccccc4c4c3cc(-c3ccccc3)c3nsnc34)cc2)OC1(C)C.Nc1ccccc1-c1ccc(-c2ccccc2)c2nsnc12.O=C(Nc1ccccc1-c1ccc(-c2ccccc2)c2nsnc12)c1ccc(Br)cc1. The molecular weight excluding hydrogens is 2280 g/mol. The number of nitrogens with two attached hydrogens (primary N) is 1. The number of hydrogen-bond acceptors (Lipinski definition) is 24. The summed E-state index contributed by atoms with van der Waals surface area (Å²) in [5.74, 6) is -0.159. The first-order chi connectivity index (χ1) is 72.3. The second kappa shape index (κ2) is 43.4. The van der Waals surface area contributed by atoms with E-state index in [1.807, 2.05) is 158 Å². The zero-order valence-corrected chi connectivity index (χ0v) is 91.7. The number of rotatable bonds is 12. The molecule has 0 atom stereocenters. The van der Waals surface area contributed by atoms with Crippen molar-refractivity contribution in [1.82, 2.24) is 62.5 Å². The fourth-order valence-electron chi connectivity index (χ4n) is 18.0. The Morgan fingerprint density at radius 2 is 0.574 bits per heavy atom. The number of pyridine rings is 2. The van der Waals surface area contributed by atoms with E-state index < -0.39 is 7.12 Å². The summed E-state index contributed by atoms with van der Waals surface area (Å²) in [4.78, 5) is 23.0. The van der Waals surface area contributed by atoms with Crippen LogP contribution in [0.25, 0.3) is 210 Å². The van der Waals surface area contributed by atoms with Crippen LogP contribution in [0.2, 0.25) is 0 Å². The molecule has 0 bridgehead atoms. The zero-order chi connectivity index (χ0) is 101. The maximum Gasteiger partial charge on any atom is 0.494 e. The van der Waals surface area contributed by atoms with Crippen molar-refractivity contribution in [3.8, 4) is 100 Å². The summed E-state index contributed by atoms with van der Waals surface area (Å²) in [7, 11) is -0.402. The Morgan fingerprint density at radius 1 is 0.277 bits per heavy atom. The molecule has 0 radical (unpaired) electrons. The largest absolute Gasteiger partial charge is 0.494 e. The second-order valence-electron chi connectivity index (χ2n) is 35.5. The Labute approximate surface area is 917 Å². The lowest BCUT2D eigenvalue weighted by Gasteiger charge is -2.32. The van der Waals surface area contributed by atoms with E-state index in [4.69, 9.17) is 38.1 Å². The number of benzene rings is 18. The monoisotopic (exact) mass is 2350 g/mol. The van der Waals surface area contributed by atoms with E-state index in [1.54, 1.807) is 12.1 Å². The highest BCUT2D eigenvalue weighted by Crippen LogP contribution is 2.47. The van der Waals surface area contributed by atoms with Gasteiger partial charge in [-0.1, -0.05) is 323 Å². The minimum Gasteiger partial charge on any atom is -0.399 e. The summed E-state index contributed by atoms with van der Waals surface area (Å²) >= 11 is 24.6. The number of para-hydroxylation sites is 4. The topological polar surface area (TPSA) is 254 Å². The van der Waals surface area contributed by atoms with Gasteiger partial charge in [-0.25, -0.2) is 9.97 Å². The molecule has 0 aliphatic carbocycles. The van der Waals surface area contributed by atoms with Gasteiger partial charge in [0, 0.05) is 133 Å². The number of nitrogen functional groups attached to an aromatic ring is 1. The van der Waals surface area contributed by atoms with Crippen molar-refractivity contribution in [1.29, 1.82) is 0 Å². The van der Waals surface area contributed by atoms with E-state index >= 15 is 0 Å². The van der Waals surface area contributed by atoms with Crippen molar-refractivity contribution >= 4 is 289 Å². The third kappa shape index (κ3) is 20.1. The lowest BCUT2D eigenvalue weighted by molar-refractivity contribution is 0.00578. The van der Waals surface area contributed by atoms with Crippen molar-refractivity contribution in [2.24, 2.45) is 0 Å². The third-order valence-electron chi connectivity index (χ3n) is 26.0. The van der Waals surface area contributed by atoms with Crippen LogP contribution >= 0.6 is 150 Å². The predicted molar refractivity (Wildman–Crippen MR) is 632 cm³/mol. The lowest BCUT2D eigenvalue weighted by Crippen LogP contribution is -2.41. The van der Waals surface area contributed by atoms with E-state index in [1.165, 1.54) is 75.9 Å². The number of hydrogen-bond donors (Lipinski definition) is 2. The van der Waals surface area contributed by atoms with E-state index in [9.17, 15) is 4.79 Å². The number of aromatic nitrogens is 14. The molecule has 31 heteroatoms. The summed E-state index contributed by atoms with van der Waals surface area (Å²) in [5, 5.41) is 9.59. The Morgan fingerprint density at radius 3 is 0.993 bits per heavy atom. The van der Waals surface area contributed by atoms with Gasteiger partial charge in [-0.15, -0.1) is 0 Å². The summed E-state index contributed by atoms with van der Waals surface area (Å²) in [6.07, 6.45) is 0. The van der Waals surface area contributed by atoms with Gasteiger partial charge in [0.05, 0.1) is 104 Å². The first-order valence-electron chi connectivity index (χ1n) is 46.7. The summed E-state index contributed by atoms with van der Waals surface area (Å²) < 4.78 is 71.5. The molecule has 1 saturated heterocycles. The highest BCUT2D eigenvalue weighted by Gasteiger charge is 2.52. The standard InChI is InChI=1S/C31H26BN3O2S.C25H16BrN3OS.C25H14BrN3S.C18H13N3S.C12H7BrN2S.C6H2Br2N2S/c1-30(2)31(3,4)37-32(36-30)21-16-14-20(15-17-21)27-24-18-23(19-10-6-5-7-11-19)28-29(35-38-34-28)26(24)22-12-8-9-13-25(22)33-27;26-18-12-10-17(11-13-18)25(30)27-22-9-5-4-8-20(22)21-15-14-19(16-6-2-1-3-7-16)23-24(21)29-31-28-23;26-17-12-10-16(11-13-17)23-20-14-19(15-6-2-1-3-7-15)24-25(29-30-28-24)22(20)18-8-4-5-9-21(18)27-23;19-16-9-5-4-8-14(16)15-11-10-13(12-6-2-1-3-7-12)17-18(15)21-22-20-17;13-10-7-6-9(8-4-2-1-3-5-8)11-12(10)15-16-14-11;7-3-1-2-4(8)6-5(3)9-11-10-6/h5-18H,1-4H3;1-15H,(H,27,30);1-14H;1-11H,19H2;1-7H;1-2H. The minimum atomic E-state index is -0.402. The molecule has 718 valence electrons. The number of nitrogens with one attached hydrogen (secondary N) is 1. The van der Waals surface area contributed by atoms with Gasteiger partial charge in [-0.3, -0.25) is 4.79 Å². The van der Waals surface area contributed by atoms with Crippen LogP contribution in [-0.2, 0) is 9.31 Å². The predicted octanol–water partition coefficient (Wildman–Crippen LogP) is 33.5. The van der Waals surface area contributed by atoms with Gasteiger partial charge in [-0.05, 0) is 200 Å². The summed E-state index contributed by atoms with van der Waals surface area (Å²) in [5.41, 5.74) is 40.3. The van der Waals surface area contributed by atoms with Gasteiger partial charge in [0.25, 0.3) is 5.91 Å². The molecule has 3 N–H and O–H groups in total. The van der Waals surface area contributed by atoms with Crippen molar-refractivity contribution in [3.63, 3.8) is 0 Å². The van der Waals surface area contributed by atoms with E-state index in [0.717, 1.165) is 244 Å². The van der Waals surface area contributed by atoms with Crippen molar-refractivity contribution in [3.05, 3.63) is 410 Å². The molecule has 9 heterocycles. The number of carbonyl (C=O) groups is 1. The van der Waals surface area contributed by atoms with E-state index in [-0.39, 0.29) is 17.1 Å². The molecule has 0 spiro atoms. The molecule has 148 heavy (non-hydrogen) atoms. The average molecular weight is 2360 g/mol.